The van der Waals surface area contributed by atoms with Gasteiger partial charge in [-0.15, -0.1) is 0 Å². The Kier molecular flexibility index (Phi) is 5.42. The van der Waals surface area contributed by atoms with E-state index < -0.39 is 5.97 Å². The maximum absolute atomic E-state index is 11.3. The van der Waals surface area contributed by atoms with Crippen molar-refractivity contribution < 1.29 is 14.7 Å². The number of nitrogens with one attached hydrogen (secondary N) is 2. The largest absolute Gasteiger partial charge is 0.481 e. The number of carbonyl (C=O) groups is 2. The molecule has 17 heavy (non-hydrogen) atoms. The first-order valence-corrected chi connectivity index (χ1v) is 5.20. The summed E-state index contributed by atoms with van der Waals surface area (Å²) in [6.45, 7) is 0.437. The Balaban J connectivity index is 2.12. The molecule has 92 valence electrons. The summed E-state index contributed by atoms with van der Waals surface area (Å²) in [5.41, 5.74) is 0.510. The van der Waals surface area contributed by atoms with E-state index in [0.717, 1.165) is 0 Å². The number of hydrogen-bond donors (Lipinski definition) is 3. The number of unbranched alkanes of at least 4 members (excludes halogenated alkanes) is 1. The van der Waals surface area contributed by atoms with Gasteiger partial charge in [-0.1, -0.05) is 0 Å². The fourth-order valence-electron chi connectivity index (χ4n) is 1.14. The number of aliphatic carboxylic acids is 1. The third-order valence-corrected chi connectivity index (χ3v) is 1.92. The molecule has 0 unspecified atom stereocenters. The van der Waals surface area contributed by atoms with Crippen molar-refractivity contribution in [3.63, 3.8) is 0 Å². The lowest BCUT2D eigenvalue weighted by atomic mass is 10.2. The van der Waals surface area contributed by atoms with Crippen molar-refractivity contribution in [1.82, 2.24) is 15.3 Å². The van der Waals surface area contributed by atoms with Crippen LogP contribution in [0.2, 0.25) is 0 Å². The van der Waals surface area contributed by atoms with E-state index in [9.17, 15) is 9.59 Å². The molecular formula is C10H14N4O3. The Bertz CT molecular complexity index is 369. The Hall–Kier alpha value is -2.18. The molecule has 2 amide bonds. The maximum atomic E-state index is 11.3. The first kappa shape index (κ1) is 12.9. The van der Waals surface area contributed by atoms with Gasteiger partial charge < -0.3 is 15.7 Å². The van der Waals surface area contributed by atoms with E-state index in [1.165, 1.54) is 18.7 Å². The topological polar surface area (TPSA) is 104 Å². The molecule has 1 rings (SSSR count). The number of carbonyl (C=O) groups excluding carboxylic acids is 1. The molecule has 0 bridgehead atoms. The van der Waals surface area contributed by atoms with E-state index in [1.54, 1.807) is 0 Å². The van der Waals surface area contributed by atoms with E-state index in [0.29, 0.717) is 25.1 Å². The molecule has 3 N–H and O–H groups in total. The Morgan fingerprint density at radius 3 is 2.59 bits per heavy atom. The van der Waals surface area contributed by atoms with Gasteiger partial charge in [0.25, 0.3) is 0 Å². The van der Waals surface area contributed by atoms with Gasteiger partial charge in [-0.3, -0.25) is 4.79 Å². The smallest absolute Gasteiger partial charge is 0.319 e. The van der Waals surface area contributed by atoms with Gasteiger partial charge in [0.2, 0.25) is 0 Å². The van der Waals surface area contributed by atoms with Crippen molar-refractivity contribution >= 4 is 17.7 Å². The normalized spacial score (nSPS) is 9.65. The van der Waals surface area contributed by atoms with Crippen molar-refractivity contribution in [2.24, 2.45) is 0 Å². The van der Waals surface area contributed by atoms with Gasteiger partial charge in [-0.25, -0.2) is 14.8 Å². The molecule has 0 saturated carbocycles. The highest BCUT2D eigenvalue weighted by Crippen LogP contribution is 1.99. The van der Waals surface area contributed by atoms with Crippen LogP contribution in [0.1, 0.15) is 19.3 Å². The average molecular weight is 238 g/mol. The quantitative estimate of drug-likeness (QED) is 0.637. The summed E-state index contributed by atoms with van der Waals surface area (Å²) in [6, 6.07) is -0.352. The van der Waals surface area contributed by atoms with Gasteiger partial charge >= 0.3 is 12.0 Å². The molecule has 0 aliphatic heterocycles. The highest BCUT2D eigenvalue weighted by Gasteiger charge is 2.01. The van der Waals surface area contributed by atoms with E-state index >= 15 is 0 Å². The first-order valence-electron chi connectivity index (χ1n) is 5.20. The minimum atomic E-state index is -0.823. The molecule has 0 atom stereocenters. The van der Waals surface area contributed by atoms with Crippen LogP contribution in [0.15, 0.2) is 18.7 Å². The molecule has 0 aliphatic rings. The Morgan fingerprint density at radius 2 is 1.94 bits per heavy atom. The number of carboxylic acid groups (broad SMARTS) is 1. The molecular weight excluding hydrogens is 224 g/mol. The summed E-state index contributed by atoms with van der Waals surface area (Å²) < 4.78 is 0. The number of anilines is 1. The number of rotatable bonds is 6. The molecule has 0 saturated heterocycles. The molecule has 0 aliphatic carbocycles. The fourth-order valence-corrected chi connectivity index (χ4v) is 1.14. The van der Waals surface area contributed by atoms with Crippen molar-refractivity contribution in [3.8, 4) is 0 Å². The number of amides is 2. The van der Waals surface area contributed by atoms with Crippen LogP contribution in [0.3, 0.4) is 0 Å². The monoisotopic (exact) mass is 238 g/mol. The second kappa shape index (κ2) is 7.15. The molecule has 7 nitrogen and oxygen atoms in total. The predicted molar refractivity (Wildman–Crippen MR) is 60.5 cm³/mol. The number of urea groups is 1. The van der Waals surface area contributed by atoms with Crippen molar-refractivity contribution in [3.05, 3.63) is 18.7 Å². The third-order valence-electron chi connectivity index (χ3n) is 1.92. The zero-order chi connectivity index (χ0) is 12.5. The number of aromatic nitrogens is 2. The third kappa shape index (κ3) is 6.08. The van der Waals surface area contributed by atoms with E-state index in [2.05, 4.69) is 20.6 Å². The maximum Gasteiger partial charge on any atom is 0.319 e. The number of hydrogen-bond acceptors (Lipinski definition) is 4. The molecule has 1 heterocycles. The highest BCUT2D eigenvalue weighted by atomic mass is 16.4. The predicted octanol–water partition coefficient (Wildman–Crippen LogP) is 0.853. The van der Waals surface area contributed by atoms with Crippen molar-refractivity contribution in [2.75, 3.05) is 11.9 Å². The lowest BCUT2D eigenvalue weighted by Gasteiger charge is -2.06. The first-order chi connectivity index (χ1) is 8.18. The highest BCUT2D eigenvalue weighted by molar-refractivity contribution is 5.88. The average Bonchev–Trinajstić information content (AvgIpc) is 2.29. The van der Waals surface area contributed by atoms with Crippen LogP contribution in [0.25, 0.3) is 0 Å². The molecule has 0 spiro atoms. The van der Waals surface area contributed by atoms with E-state index in [1.807, 2.05) is 0 Å². The minimum absolute atomic E-state index is 0.121. The second-order valence-electron chi connectivity index (χ2n) is 3.36. The standard InChI is InChI=1S/C10H14N4O3/c15-9(16)3-1-2-4-13-10(17)14-8-5-11-7-12-6-8/h5-7H,1-4H2,(H,15,16)(H2,13,14,17). The molecule has 0 aromatic carbocycles. The van der Waals surface area contributed by atoms with Crippen LogP contribution in [-0.2, 0) is 4.79 Å². The second-order valence-corrected chi connectivity index (χ2v) is 3.36. The van der Waals surface area contributed by atoms with Crippen LogP contribution >= 0.6 is 0 Å². The van der Waals surface area contributed by atoms with Crippen LogP contribution in [-0.4, -0.2) is 33.6 Å². The lowest BCUT2D eigenvalue weighted by Crippen LogP contribution is -2.29. The van der Waals surface area contributed by atoms with Crippen LogP contribution < -0.4 is 10.6 Å². The van der Waals surface area contributed by atoms with Gasteiger partial charge in [-0.05, 0) is 12.8 Å². The summed E-state index contributed by atoms with van der Waals surface area (Å²) in [5, 5.41) is 13.6. The van der Waals surface area contributed by atoms with Gasteiger partial charge in [0, 0.05) is 13.0 Å². The summed E-state index contributed by atoms with van der Waals surface area (Å²) in [6.07, 6.45) is 5.63. The zero-order valence-corrected chi connectivity index (χ0v) is 9.22. The van der Waals surface area contributed by atoms with Crippen LogP contribution in [0, 0.1) is 0 Å². The summed E-state index contributed by atoms with van der Waals surface area (Å²) >= 11 is 0. The Morgan fingerprint density at radius 1 is 1.24 bits per heavy atom. The Labute approximate surface area is 98.3 Å². The minimum Gasteiger partial charge on any atom is -0.481 e. The van der Waals surface area contributed by atoms with Gasteiger partial charge in [-0.2, -0.15) is 0 Å². The van der Waals surface area contributed by atoms with Gasteiger partial charge in [0.05, 0.1) is 18.1 Å². The summed E-state index contributed by atoms with van der Waals surface area (Å²) in [5.74, 6) is -0.823. The van der Waals surface area contributed by atoms with E-state index in [-0.39, 0.29) is 12.5 Å². The molecule has 7 heteroatoms. The summed E-state index contributed by atoms with van der Waals surface area (Å²) in [4.78, 5) is 29.0. The van der Waals surface area contributed by atoms with E-state index in [4.69, 9.17) is 5.11 Å². The molecule has 1 aromatic rings. The number of nitrogens with zero attached hydrogens (tertiary/aromatic N) is 2. The fraction of sp³-hybridized carbons (Fsp3) is 0.400. The lowest BCUT2D eigenvalue weighted by molar-refractivity contribution is -0.137. The van der Waals surface area contributed by atoms with Gasteiger partial charge in [0.15, 0.2) is 0 Å². The molecule has 0 fully saturated rings. The SMILES string of the molecule is O=C(O)CCCCNC(=O)Nc1cncnc1. The zero-order valence-electron chi connectivity index (χ0n) is 9.22. The van der Waals surface area contributed by atoms with Crippen LogP contribution in [0.4, 0.5) is 10.5 Å². The van der Waals surface area contributed by atoms with Crippen LogP contribution in [0.5, 0.6) is 0 Å². The van der Waals surface area contributed by atoms with Gasteiger partial charge in [0.1, 0.15) is 6.33 Å². The summed E-state index contributed by atoms with van der Waals surface area (Å²) in [7, 11) is 0. The number of carboxylic acids is 1. The molecule has 1 aromatic heterocycles. The van der Waals surface area contributed by atoms with Crippen molar-refractivity contribution in [2.45, 2.75) is 19.3 Å². The molecule has 0 radical (unpaired) electrons. The van der Waals surface area contributed by atoms with Crippen molar-refractivity contribution in [1.29, 1.82) is 0 Å².